The third-order valence-electron chi connectivity index (χ3n) is 6.86. The Kier molecular flexibility index (Phi) is 6.62. The number of hydrogen-bond donors (Lipinski definition) is 1. The summed E-state index contributed by atoms with van der Waals surface area (Å²) in [5.41, 5.74) is 11.5. The van der Waals surface area contributed by atoms with Gasteiger partial charge in [0.05, 0.1) is 47.2 Å². The number of hydrogen-bond acceptors (Lipinski definition) is 7. The fourth-order valence-corrected chi connectivity index (χ4v) is 5.44. The highest BCUT2D eigenvalue weighted by Gasteiger charge is 2.40. The van der Waals surface area contributed by atoms with E-state index < -0.39 is 0 Å². The van der Waals surface area contributed by atoms with Crippen molar-refractivity contribution in [3.05, 3.63) is 54.7 Å². The molecule has 2 fully saturated rings. The van der Waals surface area contributed by atoms with Gasteiger partial charge in [0, 0.05) is 66.0 Å². The SMILES string of the molecule is ClOCl.Cn1cc(-c2cc(-c3ccc(N4[C@@H]5CC[C@H]4CC(N)C5)nc3)c3c(C#N)cnn3c2)cn1. The molecule has 2 aliphatic heterocycles. The van der Waals surface area contributed by atoms with Crippen molar-refractivity contribution in [2.75, 3.05) is 4.90 Å². The number of anilines is 1. The summed E-state index contributed by atoms with van der Waals surface area (Å²) in [4.78, 5) is 7.32. The summed E-state index contributed by atoms with van der Waals surface area (Å²) in [6, 6.07) is 9.85. The van der Waals surface area contributed by atoms with Crippen LogP contribution in [0.4, 0.5) is 5.82 Å². The number of pyridine rings is 2. The Hall–Kier alpha value is -3.16. The Morgan fingerprint density at radius 1 is 1.03 bits per heavy atom. The van der Waals surface area contributed by atoms with Gasteiger partial charge in [0.25, 0.3) is 0 Å². The molecule has 9 nitrogen and oxygen atoms in total. The molecule has 11 heteroatoms. The van der Waals surface area contributed by atoms with E-state index in [1.54, 1.807) is 15.4 Å². The standard InChI is InChI=1S/C24H24N8.Cl2O/c1-30-13-18(12-28-30)16-6-22(24-17(9-25)11-29-31(24)14-16)15-2-5-23(27-10-15)32-20-3-4-21(32)8-19(26)7-20;1-3-2/h2,5-6,10-14,19-21H,3-4,7-8,26H2,1H3;/t19?,20-,21+;. The van der Waals surface area contributed by atoms with Gasteiger partial charge in [-0.2, -0.15) is 19.3 Å². The lowest BCUT2D eigenvalue weighted by Crippen LogP contribution is -2.47. The minimum atomic E-state index is 0.304. The van der Waals surface area contributed by atoms with Crippen molar-refractivity contribution >= 4 is 35.1 Å². The number of nitrogens with zero attached hydrogens (tertiary/aromatic N) is 7. The molecule has 35 heavy (non-hydrogen) atoms. The summed E-state index contributed by atoms with van der Waals surface area (Å²) in [7, 11) is 1.90. The van der Waals surface area contributed by atoms with Crippen molar-refractivity contribution in [1.29, 1.82) is 5.26 Å². The maximum absolute atomic E-state index is 9.64. The van der Waals surface area contributed by atoms with Crippen LogP contribution in [0.5, 0.6) is 0 Å². The highest BCUT2D eigenvalue weighted by atomic mass is 35.6. The van der Waals surface area contributed by atoms with Gasteiger partial charge in [-0.15, -0.1) is 0 Å². The first-order valence-corrected chi connectivity index (χ1v) is 11.9. The van der Waals surface area contributed by atoms with Crippen molar-refractivity contribution in [2.24, 2.45) is 12.8 Å². The van der Waals surface area contributed by atoms with Crippen LogP contribution in [0.2, 0.25) is 0 Å². The second-order valence-electron chi connectivity index (χ2n) is 9.00. The van der Waals surface area contributed by atoms with Crippen LogP contribution in [0.1, 0.15) is 31.2 Å². The smallest absolute Gasteiger partial charge is 0.129 e. The topological polar surface area (TPSA) is 110 Å². The molecule has 0 aliphatic carbocycles. The molecule has 2 N–H and O–H groups in total. The number of nitrogens with two attached hydrogens (primary N) is 1. The van der Waals surface area contributed by atoms with E-state index >= 15 is 0 Å². The number of fused-ring (bicyclic) bond motifs is 3. The van der Waals surface area contributed by atoms with Crippen molar-refractivity contribution in [1.82, 2.24) is 24.4 Å². The molecular formula is C24H24Cl2N8O. The molecule has 0 radical (unpaired) electrons. The molecule has 1 unspecified atom stereocenters. The van der Waals surface area contributed by atoms with Crippen LogP contribution in [0.3, 0.4) is 0 Å². The van der Waals surface area contributed by atoms with Crippen LogP contribution >= 0.6 is 23.7 Å². The van der Waals surface area contributed by atoms with E-state index in [1.165, 1.54) is 12.8 Å². The van der Waals surface area contributed by atoms with Gasteiger partial charge in [-0.05, 0) is 43.9 Å². The zero-order valence-electron chi connectivity index (χ0n) is 19.1. The highest BCUT2D eigenvalue weighted by molar-refractivity contribution is 6.24. The molecule has 6 rings (SSSR count). The number of halogens is 2. The molecule has 2 saturated heterocycles. The third-order valence-corrected chi connectivity index (χ3v) is 6.86. The van der Waals surface area contributed by atoms with Gasteiger partial charge in [0.2, 0.25) is 0 Å². The van der Waals surface area contributed by atoms with Crippen molar-refractivity contribution in [3.8, 4) is 28.3 Å². The van der Waals surface area contributed by atoms with E-state index in [9.17, 15) is 5.26 Å². The fourth-order valence-electron chi connectivity index (χ4n) is 5.44. The van der Waals surface area contributed by atoms with Gasteiger partial charge in [-0.25, -0.2) is 9.50 Å². The second kappa shape index (κ2) is 9.84. The Labute approximate surface area is 213 Å². The third kappa shape index (κ3) is 4.46. The Morgan fingerprint density at radius 3 is 2.37 bits per heavy atom. The number of aromatic nitrogens is 5. The molecule has 2 bridgehead atoms. The number of piperidine rings is 1. The Morgan fingerprint density at radius 2 is 1.77 bits per heavy atom. The fraction of sp³-hybridized carbons (Fsp3) is 0.333. The van der Waals surface area contributed by atoms with Crippen LogP contribution in [-0.4, -0.2) is 42.5 Å². The van der Waals surface area contributed by atoms with Crippen molar-refractivity contribution in [3.63, 3.8) is 0 Å². The van der Waals surface area contributed by atoms with E-state index in [-0.39, 0.29) is 0 Å². The molecule has 4 aromatic heterocycles. The first-order valence-electron chi connectivity index (χ1n) is 11.3. The van der Waals surface area contributed by atoms with E-state index in [0.717, 1.165) is 46.4 Å². The molecule has 2 aliphatic rings. The van der Waals surface area contributed by atoms with E-state index in [4.69, 9.17) is 10.7 Å². The largest absolute Gasteiger partial charge is 0.351 e. The van der Waals surface area contributed by atoms with Crippen LogP contribution in [0.25, 0.3) is 27.8 Å². The number of aryl methyl sites for hydroxylation is 1. The summed E-state index contributed by atoms with van der Waals surface area (Å²) in [5, 5.41) is 18.4. The molecule has 180 valence electrons. The van der Waals surface area contributed by atoms with Gasteiger partial charge in [0.15, 0.2) is 0 Å². The minimum Gasteiger partial charge on any atom is -0.351 e. The van der Waals surface area contributed by atoms with Crippen LogP contribution < -0.4 is 10.6 Å². The van der Waals surface area contributed by atoms with Gasteiger partial charge in [-0.1, -0.05) is 0 Å². The van der Waals surface area contributed by atoms with Gasteiger partial charge < -0.3 is 10.6 Å². The summed E-state index contributed by atoms with van der Waals surface area (Å²) < 4.78 is 6.74. The maximum atomic E-state index is 9.64. The highest BCUT2D eigenvalue weighted by Crippen LogP contribution is 2.39. The summed E-state index contributed by atoms with van der Waals surface area (Å²) in [5.74, 6) is 1.02. The summed E-state index contributed by atoms with van der Waals surface area (Å²) in [6.45, 7) is 0. The average Bonchev–Trinajstić information content (AvgIpc) is 3.55. The molecule has 6 heterocycles. The zero-order valence-corrected chi connectivity index (χ0v) is 20.6. The van der Waals surface area contributed by atoms with Gasteiger partial charge in [0.1, 0.15) is 11.9 Å². The lowest BCUT2D eigenvalue weighted by atomic mass is 9.98. The van der Waals surface area contributed by atoms with E-state index in [2.05, 4.69) is 66.9 Å². The molecule has 3 atom stereocenters. The van der Waals surface area contributed by atoms with Crippen molar-refractivity contribution in [2.45, 2.75) is 43.8 Å². The van der Waals surface area contributed by atoms with Gasteiger partial charge >= 0.3 is 0 Å². The van der Waals surface area contributed by atoms with Crippen molar-refractivity contribution < 1.29 is 3.84 Å². The number of rotatable bonds is 3. The van der Waals surface area contributed by atoms with Crippen LogP contribution in [0.15, 0.2) is 49.2 Å². The summed E-state index contributed by atoms with van der Waals surface area (Å²) >= 11 is 8.53. The van der Waals surface area contributed by atoms with E-state index in [0.29, 0.717) is 23.7 Å². The summed E-state index contributed by atoms with van der Waals surface area (Å²) in [6.07, 6.45) is 13.7. The zero-order chi connectivity index (χ0) is 24.5. The predicted molar refractivity (Wildman–Crippen MR) is 135 cm³/mol. The molecule has 0 aromatic carbocycles. The van der Waals surface area contributed by atoms with E-state index in [1.807, 2.05) is 31.8 Å². The average molecular weight is 511 g/mol. The first-order chi connectivity index (χ1) is 17.0. The predicted octanol–water partition coefficient (Wildman–Crippen LogP) is 4.44. The van der Waals surface area contributed by atoms with Crippen LogP contribution in [0, 0.1) is 11.3 Å². The molecular weight excluding hydrogens is 487 g/mol. The normalized spacial score (nSPS) is 21.0. The molecule has 0 saturated carbocycles. The quantitative estimate of drug-likeness (QED) is 0.433. The Bertz CT molecular complexity index is 1360. The lowest BCUT2D eigenvalue weighted by Gasteiger charge is -2.38. The minimum absolute atomic E-state index is 0.304. The van der Waals surface area contributed by atoms with Crippen LogP contribution in [-0.2, 0) is 10.9 Å². The number of nitriles is 1. The molecule has 4 aromatic rings. The van der Waals surface area contributed by atoms with Gasteiger partial charge in [-0.3, -0.25) is 4.68 Å². The molecule has 0 spiro atoms. The Balaban J connectivity index is 0.000000806. The molecule has 0 amide bonds. The maximum Gasteiger partial charge on any atom is 0.129 e. The first kappa shape index (κ1) is 23.6. The second-order valence-corrected chi connectivity index (χ2v) is 9.46. The lowest BCUT2D eigenvalue weighted by molar-refractivity contribution is 0.412. The monoisotopic (exact) mass is 510 g/mol.